The quantitative estimate of drug-likeness (QED) is 0.775. The average molecular weight is 386 g/mol. The van der Waals surface area contributed by atoms with Gasteiger partial charge >= 0.3 is 0 Å². The maximum absolute atomic E-state index is 12.2. The van der Waals surface area contributed by atoms with Gasteiger partial charge in [-0.1, -0.05) is 6.92 Å². The van der Waals surface area contributed by atoms with Gasteiger partial charge in [0.15, 0.2) is 11.5 Å². The van der Waals surface area contributed by atoms with Crippen LogP contribution in [0.2, 0.25) is 0 Å². The summed E-state index contributed by atoms with van der Waals surface area (Å²) < 4.78 is 5.82. The minimum Gasteiger partial charge on any atom is -0.503 e. The van der Waals surface area contributed by atoms with Crippen molar-refractivity contribution in [2.45, 2.75) is 20.3 Å². The number of hydrogen-bond acceptors (Lipinski definition) is 5. The van der Waals surface area contributed by atoms with E-state index in [1.54, 1.807) is 18.2 Å². The zero-order chi connectivity index (χ0) is 16.3. The number of benzene rings is 1. The third kappa shape index (κ3) is 3.47. The molecule has 0 saturated carbocycles. The molecule has 0 spiro atoms. The molecule has 0 radical (unpaired) electrons. The van der Waals surface area contributed by atoms with Crippen molar-refractivity contribution in [3.05, 3.63) is 27.1 Å². The van der Waals surface area contributed by atoms with E-state index < -0.39 is 0 Å². The molecule has 118 valence electrons. The molecular weight excluding hydrogens is 370 g/mol. The largest absolute Gasteiger partial charge is 0.503 e. The highest BCUT2D eigenvalue weighted by molar-refractivity contribution is 9.10. The summed E-state index contributed by atoms with van der Waals surface area (Å²) in [7, 11) is 0. The second-order valence-corrected chi connectivity index (χ2v) is 6.46. The Labute approximate surface area is 141 Å². The van der Waals surface area contributed by atoms with Crippen LogP contribution in [0.3, 0.4) is 0 Å². The molecule has 7 heteroatoms. The Morgan fingerprint density at radius 3 is 2.73 bits per heavy atom. The van der Waals surface area contributed by atoms with E-state index in [9.17, 15) is 14.7 Å². The molecule has 0 aromatic heterocycles. The Kier molecular flexibility index (Phi) is 5.52. The Morgan fingerprint density at radius 1 is 1.36 bits per heavy atom. The van der Waals surface area contributed by atoms with Crippen LogP contribution in [0.15, 0.2) is 21.5 Å². The summed E-state index contributed by atoms with van der Waals surface area (Å²) in [6.07, 6.45) is 2.36. The van der Waals surface area contributed by atoms with Gasteiger partial charge in [-0.2, -0.15) is 0 Å². The number of ether oxygens (including phenoxy) is 1. The number of carbonyl (C=O) groups is 2. The lowest BCUT2D eigenvalue weighted by atomic mass is 10.2. The highest BCUT2D eigenvalue weighted by atomic mass is 79.9. The Hall–Kier alpha value is -1.47. The molecule has 22 heavy (non-hydrogen) atoms. The molecule has 1 aromatic rings. The molecular formula is C15H16BrNO4S. The van der Waals surface area contributed by atoms with Gasteiger partial charge in [0.25, 0.3) is 11.1 Å². The first-order valence-corrected chi connectivity index (χ1v) is 8.49. The first-order chi connectivity index (χ1) is 10.5. The van der Waals surface area contributed by atoms with Gasteiger partial charge in [0.2, 0.25) is 0 Å². The van der Waals surface area contributed by atoms with Crippen LogP contribution in [0.25, 0.3) is 6.08 Å². The highest BCUT2D eigenvalue weighted by Gasteiger charge is 2.34. The first kappa shape index (κ1) is 16.9. The fourth-order valence-electron chi connectivity index (χ4n) is 2.01. The van der Waals surface area contributed by atoms with E-state index in [0.717, 1.165) is 18.2 Å². The van der Waals surface area contributed by atoms with E-state index >= 15 is 0 Å². The van der Waals surface area contributed by atoms with Crippen molar-refractivity contribution in [3.63, 3.8) is 0 Å². The second-order valence-electron chi connectivity index (χ2n) is 4.62. The first-order valence-electron chi connectivity index (χ1n) is 6.88. The molecule has 1 heterocycles. The van der Waals surface area contributed by atoms with Crippen molar-refractivity contribution in [1.82, 2.24) is 4.90 Å². The maximum Gasteiger partial charge on any atom is 0.293 e. The lowest BCUT2D eigenvalue weighted by Gasteiger charge is -2.10. The predicted molar refractivity (Wildman–Crippen MR) is 89.9 cm³/mol. The number of rotatable bonds is 5. The minimum absolute atomic E-state index is 0.0121. The highest BCUT2D eigenvalue weighted by Crippen LogP contribution is 2.38. The second kappa shape index (κ2) is 7.19. The SMILES string of the molecule is CCCN1C(=O)S/C(=C/c2cc(Br)c(O)c(OCC)c2)C1=O. The third-order valence-corrected chi connectivity index (χ3v) is 4.48. The van der Waals surface area contributed by atoms with Crippen LogP contribution in [-0.2, 0) is 4.79 Å². The summed E-state index contributed by atoms with van der Waals surface area (Å²) in [5.41, 5.74) is 0.676. The standard InChI is InChI=1S/C15H16BrNO4S/c1-3-5-17-14(19)12(22-15(17)20)8-9-6-10(16)13(18)11(7-9)21-4-2/h6-8,18H,3-5H2,1-2H3/b12-8+. The Morgan fingerprint density at radius 2 is 2.09 bits per heavy atom. The molecule has 1 N–H and O–H groups in total. The number of nitrogens with zero attached hydrogens (tertiary/aromatic N) is 1. The normalized spacial score (nSPS) is 16.7. The van der Waals surface area contributed by atoms with Crippen molar-refractivity contribution in [3.8, 4) is 11.5 Å². The van der Waals surface area contributed by atoms with E-state index in [4.69, 9.17) is 4.74 Å². The molecule has 1 fully saturated rings. The minimum atomic E-state index is -0.279. The van der Waals surface area contributed by atoms with Crippen molar-refractivity contribution in [2.24, 2.45) is 0 Å². The van der Waals surface area contributed by atoms with Crippen LogP contribution in [-0.4, -0.2) is 34.3 Å². The summed E-state index contributed by atoms with van der Waals surface area (Å²) in [6, 6.07) is 3.31. The van der Waals surface area contributed by atoms with E-state index in [1.807, 2.05) is 13.8 Å². The summed E-state index contributed by atoms with van der Waals surface area (Å²) in [5, 5.41) is 9.64. The molecule has 0 bridgehead atoms. The van der Waals surface area contributed by atoms with Crippen molar-refractivity contribution >= 4 is 44.9 Å². The van der Waals surface area contributed by atoms with Gasteiger partial charge in [-0.25, -0.2) is 0 Å². The molecule has 0 atom stereocenters. The zero-order valence-corrected chi connectivity index (χ0v) is 14.7. The summed E-state index contributed by atoms with van der Waals surface area (Å²) in [5.74, 6) is 0.0630. The summed E-state index contributed by atoms with van der Waals surface area (Å²) in [4.78, 5) is 25.6. The fraction of sp³-hybridized carbons (Fsp3) is 0.333. The number of aromatic hydroxyl groups is 1. The van der Waals surface area contributed by atoms with Crippen LogP contribution in [0.5, 0.6) is 11.5 Å². The Balaban J connectivity index is 2.33. The van der Waals surface area contributed by atoms with Gasteiger partial charge in [-0.15, -0.1) is 0 Å². The van der Waals surface area contributed by atoms with Crippen molar-refractivity contribution in [2.75, 3.05) is 13.2 Å². The van der Waals surface area contributed by atoms with Crippen LogP contribution in [0, 0.1) is 0 Å². The van der Waals surface area contributed by atoms with Crippen LogP contribution in [0.4, 0.5) is 4.79 Å². The monoisotopic (exact) mass is 385 g/mol. The summed E-state index contributed by atoms with van der Waals surface area (Å²) >= 11 is 4.18. The van der Waals surface area contributed by atoms with E-state index in [0.29, 0.717) is 33.8 Å². The van der Waals surface area contributed by atoms with Crippen LogP contribution in [0.1, 0.15) is 25.8 Å². The van der Waals surface area contributed by atoms with E-state index in [1.165, 1.54) is 4.90 Å². The summed E-state index contributed by atoms with van der Waals surface area (Å²) in [6.45, 7) is 4.57. The number of hydrogen-bond donors (Lipinski definition) is 1. The number of amides is 2. The molecule has 0 aliphatic carbocycles. The van der Waals surface area contributed by atoms with Crippen molar-refractivity contribution < 1.29 is 19.4 Å². The molecule has 1 aromatic carbocycles. The predicted octanol–water partition coefficient (Wildman–Crippen LogP) is 4.00. The number of phenols is 1. The Bertz CT molecular complexity index is 645. The molecule has 2 rings (SSSR count). The molecule has 1 saturated heterocycles. The van der Waals surface area contributed by atoms with Gasteiger partial charge in [-0.05, 0) is 64.8 Å². The number of thioether (sulfide) groups is 1. The smallest absolute Gasteiger partial charge is 0.293 e. The van der Waals surface area contributed by atoms with E-state index in [2.05, 4.69) is 15.9 Å². The van der Waals surface area contributed by atoms with Gasteiger partial charge in [0.1, 0.15) is 0 Å². The topological polar surface area (TPSA) is 66.8 Å². The third-order valence-electron chi connectivity index (χ3n) is 2.97. The average Bonchev–Trinajstić information content (AvgIpc) is 2.72. The molecule has 2 amide bonds. The maximum atomic E-state index is 12.2. The number of carbonyl (C=O) groups excluding carboxylic acids is 2. The molecule has 5 nitrogen and oxygen atoms in total. The fourth-order valence-corrected chi connectivity index (χ4v) is 3.34. The zero-order valence-electron chi connectivity index (χ0n) is 12.3. The molecule has 0 unspecified atom stereocenters. The lowest BCUT2D eigenvalue weighted by molar-refractivity contribution is -0.122. The van der Waals surface area contributed by atoms with Crippen LogP contribution >= 0.6 is 27.7 Å². The van der Waals surface area contributed by atoms with Gasteiger partial charge in [0.05, 0.1) is 16.0 Å². The van der Waals surface area contributed by atoms with Gasteiger partial charge < -0.3 is 9.84 Å². The lowest BCUT2D eigenvalue weighted by Crippen LogP contribution is -2.28. The molecule has 1 aliphatic heterocycles. The van der Waals surface area contributed by atoms with Gasteiger partial charge in [-0.3, -0.25) is 14.5 Å². The van der Waals surface area contributed by atoms with Gasteiger partial charge in [0, 0.05) is 6.54 Å². The number of halogens is 1. The number of phenolic OH excluding ortho intramolecular Hbond substituents is 1. The van der Waals surface area contributed by atoms with E-state index in [-0.39, 0.29) is 16.9 Å². The van der Waals surface area contributed by atoms with Crippen LogP contribution < -0.4 is 4.74 Å². The number of imide groups is 1. The molecule has 1 aliphatic rings. The van der Waals surface area contributed by atoms with Crippen molar-refractivity contribution in [1.29, 1.82) is 0 Å².